The molecule has 3 N–H and O–H groups in total. The van der Waals surface area contributed by atoms with Gasteiger partial charge in [-0.3, -0.25) is 14.7 Å². The number of halogens is 4. The van der Waals surface area contributed by atoms with Crippen molar-refractivity contribution in [3.63, 3.8) is 0 Å². The van der Waals surface area contributed by atoms with E-state index in [-0.39, 0.29) is 41.8 Å². The number of rotatable bonds is 7. The number of nitrogens with zero attached hydrogens (tertiary/aromatic N) is 2. The van der Waals surface area contributed by atoms with Crippen LogP contribution in [0, 0.1) is 5.92 Å². The average Bonchev–Trinajstić information content (AvgIpc) is 3.45. The Hall–Kier alpha value is -1.56. The first kappa shape index (κ1) is 24.7. The normalized spacial score (nSPS) is 19.9. The number of carbonyl (C=O) groups is 1. The molecule has 1 atom stereocenters. The van der Waals surface area contributed by atoms with Crippen LogP contribution in [-0.2, 0) is 17.5 Å². The number of amides is 1. The van der Waals surface area contributed by atoms with Crippen LogP contribution in [0.5, 0.6) is 0 Å². The monoisotopic (exact) mass is 539 g/mol. The van der Waals surface area contributed by atoms with Gasteiger partial charge in [0.2, 0.25) is 5.91 Å². The largest absolute Gasteiger partial charge is 0.416 e. The van der Waals surface area contributed by atoms with Crippen molar-refractivity contribution in [3.05, 3.63) is 35.4 Å². The molecule has 1 saturated carbocycles. The molecule has 3 rings (SSSR count). The Kier molecular flexibility index (Phi) is 9.20. The zero-order valence-corrected chi connectivity index (χ0v) is 19.3. The van der Waals surface area contributed by atoms with Crippen molar-refractivity contribution in [2.45, 2.75) is 38.0 Å². The van der Waals surface area contributed by atoms with Crippen molar-refractivity contribution in [1.29, 1.82) is 0 Å². The lowest BCUT2D eigenvalue weighted by atomic mass is 10.1. The molecule has 0 aromatic heterocycles. The van der Waals surface area contributed by atoms with E-state index in [1.54, 1.807) is 19.2 Å². The third kappa shape index (κ3) is 7.60. The summed E-state index contributed by atoms with van der Waals surface area (Å²) in [5.41, 5.74) is 0.248. The van der Waals surface area contributed by atoms with Crippen LogP contribution in [-0.4, -0.2) is 56.0 Å². The van der Waals surface area contributed by atoms with Gasteiger partial charge < -0.3 is 16.0 Å². The molecule has 1 aromatic rings. The second kappa shape index (κ2) is 11.2. The summed E-state index contributed by atoms with van der Waals surface area (Å²) in [6, 6.07) is 5.57. The van der Waals surface area contributed by atoms with Crippen LogP contribution in [0.25, 0.3) is 0 Å². The zero-order valence-electron chi connectivity index (χ0n) is 17.0. The molecule has 1 saturated heterocycles. The van der Waals surface area contributed by atoms with Crippen LogP contribution < -0.4 is 16.0 Å². The maximum atomic E-state index is 12.7. The molecule has 0 bridgehead atoms. The van der Waals surface area contributed by atoms with Gasteiger partial charge in [0.1, 0.15) is 0 Å². The Morgan fingerprint density at radius 1 is 1.13 bits per heavy atom. The van der Waals surface area contributed by atoms with Gasteiger partial charge in [0.05, 0.1) is 5.56 Å². The van der Waals surface area contributed by atoms with E-state index >= 15 is 0 Å². The van der Waals surface area contributed by atoms with Crippen molar-refractivity contribution in [3.8, 4) is 0 Å². The minimum absolute atomic E-state index is 0. The molecular weight excluding hydrogens is 510 g/mol. The van der Waals surface area contributed by atoms with Crippen LogP contribution in [0.15, 0.2) is 29.3 Å². The van der Waals surface area contributed by atoms with E-state index in [2.05, 4.69) is 25.8 Å². The molecule has 2 fully saturated rings. The SMILES string of the molecule is CN=C(NCCNC(=O)C1CC1)NC1CCN(Cc2ccc(C(F)(F)F)cc2)C1.I. The average molecular weight is 539 g/mol. The van der Waals surface area contributed by atoms with Crippen molar-refractivity contribution in [1.82, 2.24) is 20.9 Å². The van der Waals surface area contributed by atoms with E-state index in [1.165, 1.54) is 0 Å². The highest BCUT2D eigenvalue weighted by molar-refractivity contribution is 14.0. The quantitative estimate of drug-likeness (QED) is 0.216. The van der Waals surface area contributed by atoms with E-state index in [4.69, 9.17) is 0 Å². The van der Waals surface area contributed by atoms with Gasteiger partial charge >= 0.3 is 6.18 Å². The van der Waals surface area contributed by atoms with Gasteiger partial charge in [0, 0.05) is 51.7 Å². The van der Waals surface area contributed by atoms with Gasteiger partial charge in [-0.05, 0) is 37.0 Å². The molecule has 168 valence electrons. The summed E-state index contributed by atoms with van der Waals surface area (Å²) < 4.78 is 38.0. The molecule has 0 spiro atoms. The number of carbonyl (C=O) groups excluding carboxylic acids is 1. The second-order valence-corrected chi connectivity index (χ2v) is 7.62. The fourth-order valence-electron chi connectivity index (χ4n) is 3.40. The second-order valence-electron chi connectivity index (χ2n) is 7.62. The lowest BCUT2D eigenvalue weighted by Crippen LogP contribution is -2.46. The lowest BCUT2D eigenvalue weighted by molar-refractivity contribution is -0.137. The van der Waals surface area contributed by atoms with Gasteiger partial charge in [-0.2, -0.15) is 13.2 Å². The van der Waals surface area contributed by atoms with Crippen molar-refractivity contribution in [2.75, 3.05) is 33.2 Å². The van der Waals surface area contributed by atoms with Gasteiger partial charge in [0.15, 0.2) is 5.96 Å². The third-order valence-electron chi connectivity index (χ3n) is 5.19. The van der Waals surface area contributed by atoms with Crippen LogP contribution >= 0.6 is 24.0 Å². The van der Waals surface area contributed by atoms with Crippen LogP contribution in [0.2, 0.25) is 0 Å². The number of aliphatic imine (C=N–C) groups is 1. The maximum absolute atomic E-state index is 12.7. The predicted molar refractivity (Wildman–Crippen MR) is 121 cm³/mol. The first-order valence-electron chi connectivity index (χ1n) is 9.98. The van der Waals surface area contributed by atoms with Crippen molar-refractivity contribution in [2.24, 2.45) is 10.9 Å². The van der Waals surface area contributed by atoms with Crippen LogP contribution in [0.3, 0.4) is 0 Å². The summed E-state index contributed by atoms with van der Waals surface area (Å²) >= 11 is 0. The smallest absolute Gasteiger partial charge is 0.355 e. The molecule has 6 nitrogen and oxygen atoms in total. The molecule has 30 heavy (non-hydrogen) atoms. The van der Waals surface area contributed by atoms with E-state index in [1.807, 2.05) is 0 Å². The number of hydrogen-bond acceptors (Lipinski definition) is 3. The number of nitrogens with one attached hydrogen (secondary N) is 3. The topological polar surface area (TPSA) is 68.8 Å². The predicted octanol–water partition coefficient (Wildman–Crippen LogP) is 2.59. The molecule has 1 unspecified atom stereocenters. The zero-order chi connectivity index (χ0) is 20.9. The summed E-state index contributed by atoms with van der Waals surface area (Å²) in [5, 5.41) is 9.47. The Labute approximate surface area is 192 Å². The highest BCUT2D eigenvalue weighted by Crippen LogP contribution is 2.29. The first-order valence-corrected chi connectivity index (χ1v) is 9.98. The fourth-order valence-corrected chi connectivity index (χ4v) is 3.40. The van der Waals surface area contributed by atoms with E-state index in [9.17, 15) is 18.0 Å². The standard InChI is InChI=1S/C20H28F3N5O.HI/c1-24-19(26-10-9-25-18(29)15-4-5-15)27-17-8-11-28(13-17)12-14-2-6-16(7-3-14)20(21,22)23;/h2-3,6-7,15,17H,4-5,8-13H2,1H3,(H,25,29)(H2,24,26,27);1H. The minimum Gasteiger partial charge on any atom is -0.355 e. The van der Waals surface area contributed by atoms with Gasteiger partial charge in [-0.1, -0.05) is 12.1 Å². The Bertz CT molecular complexity index is 722. The minimum atomic E-state index is -4.30. The fraction of sp³-hybridized carbons (Fsp3) is 0.600. The maximum Gasteiger partial charge on any atom is 0.416 e. The summed E-state index contributed by atoms with van der Waals surface area (Å²) in [7, 11) is 1.70. The summed E-state index contributed by atoms with van der Waals surface area (Å²) in [6.07, 6.45) is -1.38. The van der Waals surface area contributed by atoms with Crippen LogP contribution in [0.1, 0.15) is 30.4 Å². The Balaban J connectivity index is 0.00000320. The van der Waals surface area contributed by atoms with Gasteiger partial charge in [-0.25, -0.2) is 0 Å². The Morgan fingerprint density at radius 2 is 1.80 bits per heavy atom. The van der Waals surface area contributed by atoms with Crippen molar-refractivity contribution < 1.29 is 18.0 Å². The number of alkyl halides is 3. The summed E-state index contributed by atoms with van der Waals surface area (Å²) in [5.74, 6) is 1.03. The molecule has 1 aromatic carbocycles. The van der Waals surface area contributed by atoms with E-state index in [0.717, 1.165) is 50.0 Å². The number of benzene rings is 1. The molecule has 0 radical (unpaired) electrons. The number of hydrogen-bond donors (Lipinski definition) is 3. The molecule has 2 aliphatic rings. The van der Waals surface area contributed by atoms with Gasteiger partial charge in [0.25, 0.3) is 0 Å². The first-order chi connectivity index (χ1) is 13.8. The highest BCUT2D eigenvalue weighted by Gasteiger charge is 2.30. The number of guanidine groups is 1. The molecule has 1 aliphatic heterocycles. The van der Waals surface area contributed by atoms with Crippen LogP contribution in [0.4, 0.5) is 13.2 Å². The highest BCUT2D eigenvalue weighted by atomic mass is 127. The molecular formula is C20H29F3IN5O. The Morgan fingerprint density at radius 3 is 2.40 bits per heavy atom. The third-order valence-corrected chi connectivity index (χ3v) is 5.19. The molecule has 1 aliphatic carbocycles. The summed E-state index contributed by atoms with van der Waals surface area (Å²) in [6.45, 7) is 3.43. The summed E-state index contributed by atoms with van der Waals surface area (Å²) in [4.78, 5) is 18.0. The van der Waals surface area contributed by atoms with Gasteiger partial charge in [-0.15, -0.1) is 24.0 Å². The lowest BCUT2D eigenvalue weighted by Gasteiger charge is -2.19. The molecule has 1 heterocycles. The molecule has 1 amide bonds. The number of likely N-dealkylation sites (tertiary alicyclic amines) is 1. The molecule has 10 heteroatoms. The van der Waals surface area contributed by atoms with E-state index in [0.29, 0.717) is 25.6 Å². The van der Waals surface area contributed by atoms with E-state index < -0.39 is 11.7 Å². The van der Waals surface area contributed by atoms with Crippen molar-refractivity contribution >= 4 is 35.8 Å².